The first kappa shape index (κ1) is 19.5. The van der Waals surface area contributed by atoms with Crippen molar-refractivity contribution < 1.29 is 14.3 Å². The summed E-state index contributed by atoms with van der Waals surface area (Å²) in [6, 6.07) is 3.62. The molecule has 1 aromatic heterocycles. The fourth-order valence-electron chi connectivity index (χ4n) is 2.40. The number of hydrogen-bond acceptors (Lipinski definition) is 6. The third-order valence-corrected chi connectivity index (χ3v) is 4.92. The van der Waals surface area contributed by atoms with Crippen LogP contribution in [0.5, 0.6) is 11.5 Å². The Morgan fingerprint density at radius 2 is 2.16 bits per heavy atom. The maximum atomic E-state index is 10.9. The van der Waals surface area contributed by atoms with Gasteiger partial charge >= 0.3 is 0 Å². The number of thiazole rings is 1. The van der Waals surface area contributed by atoms with E-state index in [1.807, 2.05) is 19.9 Å². The van der Waals surface area contributed by atoms with E-state index in [-0.39, 0.29) is 6.61 Å². The Bertz CT molecular complexity index is 749. The number of aromatic nitrogens is 1. The quantitative estimate of drug-likeness (QED) is 0.650. The molecule has 6 nitrogen and oxygen atoms in total. The minimum absolute atomic E-state index is 0.249. The van der Waals surface area contributed by atoms with E-state index < -0.39 is 5.91 Å². The van der Waals surface area contributed by atoms with Crippen LogP contribution in [0.3, 0.4) is 0 Å². The van der Waals surface area contributed by atoms with E-state index in [2.05, 4.69) is 10.3 Å². The number of ether oxygens (including phenoxy) is 2. The van der Waals surface area contributed by atoms with Crippen LogP contribution in [0.1, 0.15) is 21.1 Å². The van der Waals surface area contributed by atoms with Gasteiger partial charge in [-0.25, -0.2) is 4.98 Å². The topological polar surface area (TPSA) is 86.5 Å². The number of methoxy groups -OCH3 is 1. The highest BCUT2D eigenvalue weighted by Gasteiger charge is 2.13. The summed E-state index contributed by atoms with van der Waals surface area (Å²) in [4.78, 5) is 16.6. The summed E-state index contributed by atoms with van der Waals surface area (Å²) in [6.45, 7) is 5.28. The number of benzene rings is 1. The van der Waals surface area contributed by atoms with Gasteiger partial charge in [-0.15, -0.1) is 11.3 Å². The predicted molar refractivity (Wildman–Crippen MR) is 99.7 cm³/mol. The highest BCUT2D eigenvalue weighted by molar-refractivity contribution is 7.11. The molecule has 0 aliphatic carbocycles. The first-order chi connectivity index (χ1) is 11.9. The van der Waals surface area contributed by atoms with Crippen molar-refractivity contribution in [2.24, 2.45) is 5.73 Å². The van der Waals surface area contributed by atoms with E-state index in [1.165, 1.54) is 12.0 Å². The van der Waals surface area contributed by atoms with Gasteiger partial charge < -0.3 is 20.5 Å². The van der Waals surface area contributed by atoms with Crippen LogP contribution < -0.4 is 20.5 Å². The number of carbonyl (C=O) groups excluding carboxylic acids is 1. The van der Waals surface area contributed by atoms with Gasteiger partial charge in [0, 0.05) is 18.0 Å². The number of halogens is 1. The molecule has 0 atom stereocenters. The van der Waals surface area contributed by atoms with Crippen molar-refractivity contribution in [3.63, 3.8) is 0 Å². The van der Waals surface area contributed by atoms with Crippen LogP contribution in [0.15, 0.2) is 12.1 Å². The monoisotopic (exact) mass is 383 g/mol. The zero-order chi connectivity index (χ0) is 18.4. The molecule has 0 radical (unpaired) electrons. The Balaban J connectivity index is 1.94. The average molecular weight is 384 g/mol. The summed E-state index contributed by atoms with van der Waals surface area (Å²) in [5.41, 5.74) is 7.16. The fourth-order valence-corrected chi connectivity index (χ4v) is 3.62. The Kier molecular flexibility index (Phi) is 7.04. The number of aryl methyl sites for hydroxylation is 2. The smallest absolute Gasteiger partial charge is 0.255 e. The molecule has 1 heterocycles. The molecule has 25 heavy (non-hydrogen) atoms. The Hall–Kier alpha value is -1.83. The van der Waals surface area contributed by atoms with Gasteiger partial charge in [0.15, 0.2) is 18.1 Å². The van der Waals surface area contributed by atoms with Crippen molar-refractivity contribution in [3.05, 3.63) is 38.3 Å². The number of carbonyl (C=O) groups is 1. The van der Waals surface area contributed by atoms with Crippen molar-refractivity contribution in [1.29, 1.82) is 0 Å². The number of primary amides is 1. The predicted octanol–water partition coefficient (Wildman–Crippen LogP) is 2.62. The maximum absolute atomic E-state index is 10.9. The van der Waals surface area contributed by atoms with Gasteiger partial charge in [-0.1, -0.05) is 11.6 Å². The largest absolute Gasteiger partial charge is 0.493 e. The summed E-state index contributed by atoms with van der Waals surface area (Å²) in [5.74, 6) is 0.222. The molecule has 0 aliphatic rings. The lowest BCUT2D eigenvalue weighted by atomic mass is 10.2. The lowest BCUT2D eigenvalue weighted by molar-refractivity contribution is -0.119. The van der Waals surface area contributed by atoms with Crippen LogP contribution in [0, 0.1) is 13.8 Å². The fraction of sp³-hybridized carbons (Fsp3) is 0.412. The van der Waals surface area contributed by atoms with Gasteiger partial charge in [-0.05, 0) is 38.0 Å². The zero-order valence-corrected chi connectivity index (χ0v) is 16.1. The molecule has 2 aromatic rings. The number of nitrogens with two attached hydrogens (primary N) is 1. The molecule has 0 saturated carbocycles. The molecule has 0 unspecified atom stereocenters. The van der Waals surface area contributed by atoms with Crippen molar-refractivity contribution in [2.45, 2.75) is 26.8 Å². The van der Waals surface area contributed by atoms with E-state index >= 15 is 0 Å². The number of amides is 1. The molecular formula is C17H22ClN3O3S. The lowest BCUT2D eigenvalue weighted by Crippen LogP contribution is -2.20. The second kappa shape index (κ2) is 9.03. The van der Waals surface area contributed by atoms with Gasteiger partial charge in [-0.3, -0.25) is 4.79 Å². The molecule has 136 valence electrons. The number of nitrogens with zero attached hydrogens (tertiary/aromatic N) is 1. The van der Waals surface area contributed by atoms with E-state index in [0.29, 0.717) is 23.1 Å². The average Bonchev–Trinajstić information content (AvgIpc) is 2.87. The molecule has 1 aromatic carbocycles. The van der Waals surface area contributed by atoms with Gasteiger partial charge in [0.2, 0.25) is 0 Å². The summed E-state index contributed by atoms with van der Waals surface area (Å²) in [7, 11) is 1.52. The molecule has 0 fully saturated rings. The molecule has 3 N–H and O–H groups in total. The second-order valence-electron chi connectivity index (χ2n) is 5.53. The number of rotatable bonds is 9. The minimum Gasteiger partial charge on any atom is -0.493 e. The maximum Gasteiger partial charge on any atom is 0.255 e. The summed E-state index contributed by atoms with van der Waals surface area (Å²) in [6.07, 6.45) is 0.933. The zero-order valence-electron chi connectivity index (χ0n) is 14.5. The highest BCUT2D eigenvalue weighted by atomic mass is 35.5. The van der Waals surface area contributed by atoms with Gasteiger partial charge in [-0.2, -0.15) is 0 Å². The number of nitrogens with one attached hydrogen (secondary N) is 1. The second-order valence-corrected chi connectivity index (χ2v) is 7.23. The van der Waals surface area contributed by atoms with Crippen LogP contribution in [-0.4, -0.2) is 31.2 Å². The highest BCUT2D eigenvalue weighted by Crippen LogP contribution is 2.36. The van der Waals surface area contributed by atoms with Crippen LogP contribution in [0.2, 0.25) is 5.02 Å². The third kappa shape index (κ3) is 5.59. The Morgan fingerprint density at radius 1 is 1.40 bits per heavy atom. The molecule has 0 spiro atoms. The van der Waals surface area contributed by atoms with E-state index in [9.17, 15) is 4.79 Å². The van der Waals surface area contributed by atoms with Crippen molar-refractivity contribution in [2.75, 3.05) is 20.3 Å². The van der Waals surface area contributed by atoms with Gasteiger partial charge in [0.1, 0.15) is 0 Å². The van der Waals surface area contributed by atoms with Crippen molar-refractivity contribution in [1.82, 2.24) is 10.3 Å². The lowest BCUT2D eigenvalue weighted by Gasteiger charge is -2.13. The first-order valence-electron chi connectivity index (χ1n) is 7.81. The SMILES string of the molecule is COc1cc(CNCCc2sc(C)nc2C)cc(Cl)c1OCC(N)=O. The normalized spacial score (nSPS) is 10.7. The molecule has 1 amide bonds. The van der Waals surface area contributed by atoms with Crippen LogP contribution in [0.25, 0.3) is 0 Å². The molecule has 2 rings (SSSR count). The van der Waals surface area contributed by atoms with E-state index in [4.69, 9.17) is 26.8 Å². The van der Waals surface area contributed by atoms with Gasteiger partial charge in [0.05, 0.1) is 22.8 Å². The summed E-state index contributed by atoms with van der Waals surface area (Å²) < 4.78 is 10.6. The van der Waals surface area contributed by atoms with Crippen molar-refractivity contribution in [3.8, 4) is 11.5 Å². The Labute approximate surface area is 156 Å². The first-order valence-corrected chi connectivity index (χ1v) is 9.01. The standard InChI is InChI=1S/C17H22ClN3O3S/c1-10-15(25-11(2)21-10)4-5-20-8-12-6-13(18)17(14(7-12)23-3)24-9-16(19)22/h6-7,20H,4-5,8-9H2,1-3H3,(H2,19,22). The molecule has 0 saturated heterocycles. The summed E-state index contributed by atoms with van der Waals surface area (Å²) >= 11 is 7.97. The van der Waals surface area contributed by atoms with Crippen LogP contribution in [-0.2, 0) is 17.8 Å². The van der Waals surface area contributed by atoms with Crippen LogP contribution in [0.4, 0.5) is 0 Å². The minimum atomic E-state index is -0.572. The van der Waals surface area contributed by atoms with Crippen molar-refractivity contribution >= 4 is 28.8 Å². The number of hydrogen-bond donors (Lipinski definition) is 2. The van der Waals surface area contributed by atoms with Crippen LogP contribution >= 0.6 is 22.9 Å². The third-order valence-electron chi connectivity index (χ3n) is 3.51. The molecule has 0 bridgehead atoms. The van der Waals surface area contributed by atoms with Gasteiger partial charge in [0.25, 0.3) is 5.91 Å². The van der Waals surface area contributed by atoms with E-state index in [0.717, 1.165) is 29.2 Å². The molecule has 0 aliphatic heterocycles. The molecule has 8 heteroatoms. The van der Waals surface area contributed by atoms with E-state index in [1.54, 1.807) is 17.4 Å². The summed E-state index contributed by atoms with van der Waals surface area (Å²) in [5, 5.41) is 4.86. The Morgan fingerprint density at radius 3 is 2.76 bits per heavy atom. The molecular weight excluding hydrogens is 362 g/mol.